The van der Waals surface area contributed by atoms with Gasteiger partial charge in [-0.3, -0.25) is 0 Å². The summed E-state index contributed by atoms with van der Waals surface area (Å²) in [5.41, 5.74) is 4.38. The Balaban J connectivity index is 2.38. The number of anilines is 1. The van der Waals surface area contributed by atoms with Crippen LogP contribution in [0, 0.1) is 12.8 Å². The van der Waals surface area contributed by atoms with Gasteiger partial charge < -0.3 is 10.0 Å². The quantitative estimate of drug-likeness (QED) is 0.896. The minimum atomic E-state index is 0.138. The highest BCUT2D eigenvalue weighted by Gasteiger charge is 2.41. The zero-order chi connectivity index (χ0) is 14.0. The number of aliphatic hydroxyl groups is 1. The number of aryl methyl sites for hydroxylation is 2. The van der Waals surface area contributed by atoms with E-state index in [-0.39, 0.29) is 5.54 Å². The minimum Gasteiger partial charge on any atom is -0.396 e. The van der Waals surface area contributed by atoms with Gasteiger partial charge >= 0.3 is 0 Å². The summed E-state index contributed by atoms with van der Waals surface area (Å²) in [5, 5.41) is 9.25. The Morgan fingerprint density at radius 3 is 2.74 bits per heavy atom. The van der Waals surface area contributed by atoms with Gasteiger partial charge in [-0.05, 0) is 57.1 Å². The zero-order valence-corrected chi connectivity index (χ0v) is 12.7. The van der Waals surface area contributed by atoms with Gasteiger partial charge in [0.25, 0.3) is 0 Å². The summed E-state index contributed by atoms with van der Waals surface area (Å²) in [5.74, 6) is 0.585. The normalized spacial score (nSPS) is 21.9. The fourth-order valence-electron chi connectivity index (χ4n) is 3.59. The van der Waals surface area contributed by atoms with Crippen molar-refractivity contribution in [1.82, 2.24) is 0 Å². The molecule has 1 aliphatic heterocycles. The third-order valence-corrected chi connectivity index (χ3v) is 4.85. The van der Waals surface area contributed by atoms with Crippen LogP contribution in [0.25, 0.3) is 0 Å². The van der Waals surface area contributed by atoms with Crippen LogP contribution >= 0.6 is 0 Å². The lowest BCUT2D eigenvalue weighted by molar-refractivity contribution is 0.229. The topological polar surface area (TPSA) is 23.5 Å². The Morgan fingerprint density at radius 2 is 2.11 bits per heavy atom. The average Bonchev–Trinajstić information content (AvgIpc) is 2.65. The molecule has 1 aromatic rings. The van der Waals surface area contributed by atoms with Crippen molar-refractivity contribution in [3.8, 4) is 0 Å². The second-order valence-corrected chi connectivity index (χ2v) is 6.24. The fraction of sp³-hybridized carbons (Fsp3) is 0.647. The van der Waals surface area contributed by atoms with E-state index in [0.717, 1.165) is 19.4 Å². The number of aliphatic hydroxyl groups excluding tert-OH is 1. The number of para-hydroxylation sites is 1. The number of nitrogens with zero attached hydrogens (tertiary/aromatic N) is 1. The molecule has 1 unspecified atom stereocenters. The molecule has 1 fully saturated rings. The molecule has 0 aliphatic carbocycles. The van der Waals surface area contributed by atoms with Crippen LogP contribution in [-0.2, 0) is 6.42 Å². The molecule has 0 aromatic heterocycles. The summed E-state index contributed by atoms with van der Waals surface area (Å²) in [6.45, 7) is 10.5. The van der Waals surface area contributed by atoms with E-state index in [4.69, 9.17) is 0 Å². The fourth-order valence-corrected chi connectivity index (χ4v) is 3.59. The molecule has 2 nitrogen and oxygen atoms in total. The average molecular weight is 261 g/mol. The Morgan fingerprint density at radius 1 is 1.37 bits per heavy atom. The first-order chi connectivity index (χ1) is 9.02. The number of hydrogen-bond acceptors (Lipinski definition) is 2. The molecule has 1 atom stereocenters. The molecule has 1 aliphatic rings. The largest absolute Gasteiger partial charge is 0.396 e. The minimum absolute atomic E-state index is 0.138. The second-order valence-electron chi connectivity index (χ2n) is 6.24. The van der Waals surface area contributed by atoms with E-state index in [1.165, 1.54) is 23.2 Å². The van der Waals surface area contributed by atoms with Gasteiger partial charge in [0.15, 0.2) is 0 Å². The van der Waals surface area contributed by atoms with Crippen molar-refractivity contribution in [3.63, 3.8) is 0 Å². The van der Waals surface area contributed by atoms with Crippen molar-refractivity contribution in [2.24, 2.45) is 5.92 Å². The molecular weight excluding hydrogens is 234 g/mol. The standard InChI is InChI=1S/C17H27NO/c1-5-14-8-6-7-13(2)16(14)18-11-9-15(10-12-19)17(18,3)4/h6-8,15,19H,5,9-12H2,1-4H3. The molecule has 19 heavy (non-hydrogen) atoms. The summed E-state index contributed by atoms with van der Waals surface area (Å²) < 4.78 is 0. The third kappa shape index (κ3) is 2.51. The van der Waals surface area contributed by atoms with Gasteiger partial charge in [-0.1, -0.05) is 25.1 Å². The predicted molar refractivity (Wildman–Crippen MR) is 81.8 cm³/mol. The van der Waals surface area contributed by atoms with Crippen molar-refractivity contribution in [2.45, 2.75) is 52.5 Å². The van der Waals surface area contributed by atoms with E-state index in [1.807, 2.05) is 0 Å². The predicted octanol–water partition coefficient (Wildman–Crippen LogP) is 3.54. The summed E-state index contributed by atoms with van der Waals surface area (Å²) >= 11 is 0. The maximum absolute atomic E-state index is 9.25. The summed E-state index contributed by atoms with van der Waals surface area (Å²) in [7, 11) is 0. The first kappa shape index (κ1) is 14.4. The number of hydrogen-bond donors (Lipinski definition) is 1. The SMILES string of the molecule is CCc1cccc(C)c1N1CCC(CCO)C1(C)C. The molecule has 1 heterocycles. The van der Waals surface area contributed by atoms with Gasteiger partial charge in [0.2, 0.25) is 0 Å². The van der Waals surface area contributed by atoms with Gasteiger partial charge in [0.1, 0.15) is 0 Å². The van der Waals surface area contributed by atoms with E-state index in [9.17, 15) is 5.11 Å². The third-order valence-electron chi connectivity index (χ3n) is 4.85. The van der Waals surface area contributed by atoms with Gasteiger partial charge in [0.05, 0.1) is 0 Å². The lowest BCUT2D eigenvalue weighted by Crippen LogP contribution is -2.43. The maximum Gasteiger partial charge on any atom is 0.0434 e. The maximum atomic E-state index is 9.25. The number of benzene rings is 1. The zero-order valence-electron chi connectivity index (χ0n) is 12.7. The van der Waals surface area contributed by atoms with Crippen LogP contribution in [0.3, 0.4) is 0 Å². The molecule has 0 radical (unpaired) electrons. The Bertz CT molecular complexity index is 439. The monoisotopic (exact) mass is 261 g/mol. The molecular formula is C17H27NO. The van der Waals surface area contributed by atoms with Crippen LogP contribution in [0.2, 0.25) is 0 Å². The molecule has 1 saturated heterocycles. The smallest absolute Gasteiger partial charge is 0.0434 e. The summed E-state index contributed by atoms with van der Waals surface area (Å²) in [4.78, 5) is 2.57. The van der Waals surface area contributed by atoms with Crippen LogP contribution in [-0.4, -0.2) is 23.8 Å². The Hall–Kier alpha value is -1.02. The van der Waals surface area contributed by atoms with Crippen molar-refractivity contribution < 1.29 is 5.11 Å². The van der Waals surface area contributed by atoms with E-state index >= 15 is 0 Å². The van der Waals surface area contributed by atoms with Crippen molar-refractivity contribution in [3.05, 3.63) is 29.3 Å². The van der Waals surface area contributed by atoms with Crippen LogP contribution < -0.4 is 4.90 Å². The van der Waals surface area contributed by atoms with Crippen molar-refractivity contribution in [2.75, 3.05) is 18.1 Å². The van der Waals surface area contributed by atoms with E-state index < -0.39 is 0 Å². The number of rotatable bonds is 4. The van der Waals surface area contributed by atoms with Crippen molar-refractivity contribution >= 4 is 5.69 Å². The lowest BCUT2D eigenvalue weighted by Gasteiger charge is -2.39. The highest BCUT2D eigenvalue weighted by atomic mass is 16.3. The Labute approximate surface area is 117 Å². The van der Waals surface area contributed by atoms with Gasteiger partial charge in [-0.15, -0.1) is 0 Å². The Kier molecular flexibility index (Phi) is 4.19. The highest BCUT2D eigenvalue weighted by molar-refractivity contribution is 5.62. The first-order valence-electron chi connectivity index (χ1n) is 7.49. The molecule has 2 heteroatoms. The van der Waals surface area contributed by atoms with Crippen LogP contribution in [0.1, 0.15) is 44.7 Å². The van der Waals surface area contributed by atoms with Crippen LogP contribution in [0.5, 0.6) is 0 Å². The van der Waals surface area contributed by atoms with E-state index in [1.54, 1.807) is 0 Å². The molecule has 0 amide bonds. The van der Waals surface area contributed by atoms with E-state index in [2.05, 4.69) is 50.8 Å². The first-order valence-corrected chi connectivity index (χ1v) is 7.49. The molecule has 2 rings (SSSR count). The molecule has 0 spiro atoms. The van der Waals surface area contributed by atoms with Crippen LogP contribution in [0.4, 0.5) is 5.69 Å². The van der Waals surface area contributed by atoms with Gasteiger partial charge in [-0.25, -0.2) is 0 Å². The lowest BCUT2D eigenvalue weighted by atomic mass is 9.85. The van der Waals surface area contributed by atoms with Crippen LogP contribution in [0.15, 0.2) is 18.2 Å². The molecule has 1 aromatic carbocycles. The summed E-state index contributed by atoms with van der Waals surface area (Å²) in [6.07, 6.45) is 3.18. The molecule has 0 saturated carbocycles. The highest BCUT2D eigenvalue weighted by Crippen LogP contribution is 2.42. The summed E-state index contributed by atoms with van der Waals surface area (Å²) in [6, 6.07) is 6.62. The van der Waals surface area contributed by atoms with E-state index in [0.29, 0.717) is 12.5 Å². The molecule has 1 N–H and O–H groups in total. The van der Waals surface area contributed by atoms with Crippen molar-refractivity contribution in [1.29, 1.82) is 0 Å². The second kappa shape index (κ2) is 5.54. The molecule has 0 bridgehead atoms. The van der Waals surface area contributed by atoms with Gasteiger partial charge in [-0.2, -0.15) is 0 Å². The van der Waals surface area contributed by atoms with Gasteiger partial charge in [0, 0.05) is 24.4 Å². The molecule has 106 valence electrons.